The Kier molecular flexibility index (Phi) is 4.11. The average molecular weight is 278 g/mol. The smallest absolute Gasteiger partial charge is 0.234 e. The van der Waals surface area contributed by atoms with Gasteiger partial charge in [0.15, 0.2) is 0 Å². The SMILES string of the molecule is Cc1cc(C(C(=O)N2CCCC2C(=N)N)C(C)C)on1. The van der Waals surface area contributed by atoms with Crippen LogP contribution in [0, 0.1) is 18.3 Å². The third-order valence-electron chi connectivity index (χ3n) is 3.78. The van der Waals surface area contributed by atoms with E-state index < -0.39 is 0 Å². The van der Waals surface area contributed by atoms with Gasteiger partial charge in [-0.3, -0.25) is 10.2 Å². The van der Waals surface area contributed by atoms with Crippen LogP contribution in [0.1, 0.15) is 44.1 Å². The molecule has 6 nitrogen and oxygen atoms in total. The van der Waals surface area contributed by atoms with Crippen LogP contribution in [0.5, 0.6) is 0 Å². The van der Waals surface area contributed by atoms with Crippen LogP contribution in [-0.4, -0.2) is 34.4 Å². The summed E-state index contributed by atoms with van der Waals surface area (Å²) in [5, 5.41) is 11.5. The largest absolute Gasteiger partial charge is 0.386 e. The van der Waals surface area contributed by atoms with Gasteiger partial charge in [-0.2, -0.15) is 0 Å². The molecule has 20 heavy (non-hydrogen) atoms. The molecular formula is C14H22N4O2. The van der Waals surface area contributed by atoms with Crippen molar-refractivity contribution in [3.8, 4) is 0 Å². The average Bonchev–Trinajstić information content (AvgIpc) is 2.97. The zero-order valence-corrected chi connectivity index (χ0v) is 12.2. The van der Waals surface area contributed by atoms with Gasteiger partial charge in [0.1, 0.15) is 17.5 Å². The minimum Gasteiger partial charge on any atom is -0.386 e. The van der Waals surface area contributed by atoms with E-state index in [9.17, 15) is 4.79 Å². The molecule has 1 aromatic rings. The summed E-state index contributed by atoms with van der Waals surface area (Å²) in [5.74, 6) is 0.372. The number of aromatic nitrogens is 1. The molecule has 1 amide bonds. The highest BCUT2D eigenvalue weighted by atomic mass is 16.5. The summed E-state index contributed by atoms with van der Waals surface area (Å²) in [5.41, 5.74) is 6.37. The van der Waals surface area contributed by atoms with E-state index in [1.54, 1.807) is 11.0 Å². The number of hydrogen-bond acceptors (Lipinski definition) is 4. The highest BCUT2D eigenvalue weighted by Gasteiger charge is 2.38. The highest BCUT2D eigenvalue weighted by molar-refractivity contribution is 5.91. The van der Waals surface area contributed by atoms with Crippen LogP contribution in [-0.2, 0) is 4.79 Å². The van der Waals surface area contributed by atoms with Crippen molar-refractivity contribution < 1.29 is 9.32 Å². The predicted octanol–water partition coefficient (Wildman–Crippen LogP) is 1.65. The number of nitrogens with zero attached hydrogens (tertiary/aromatic N) is 2. The Morgan fingerprint density at radius 2 is 2.30 bits per heavy atom. The Bertz CT molecular complexity index is 509. The maximum Gasteiger partial charge on any atom is 0.234 e. The molecular weight excluding hydrogens is 256 g/mol. The number of amides is 1. The van der Waals surface area contributed by atoms with E-state index in [4.69, 9.17) is 15.7 Å². The molecule has 1 fully saturated rings. The molecule has 1 aromatic heterocycles. The number of nitrogens with one attached hydrogen (secondary N) is 1. The number of aryl methyl sites for hydroxylation is 1. The number of rotatable bonds is 4. The molecule has 6 heteroatoms. The van der Waals surface area contributed by atoms with Gasteiger partial charge in [-0.05, 0) is 25.7 Å². The van der Waals surface area contributed by atoms with Crippen molar-refractivity contribution in [2.45, 2.75) is 45.6 Å². The summed E-state index contributed by atoms with van der Waals surface area (Å²) >= 11 is 0. The number of likely N-dealkylation sites (tertiary alicyclic amines) is 1. The zero-order chi connectivity index (χ0) is 14.9. The lowest BCUT2D eigenvalue weighted by molar-refractivity contribution is -0.134. The van der Waals surface area contributed by atoms with Gasteiger partial charge in [-0.25, -0.2) is 0 Å². The van der Waals surface area contributed by atoms with Crippen molar-refractivity contribution in [1.82, 2.24) is 10.1 Å². The summed E-state index contributed by atoms with van der Waals surface area (Å²) in [6.07, 6.45) is 1.65. The van der Waals surface area contributed by atoms with Crippen LogP contribution in [0.4, 0.5) is 0 Å². The number of nitrogens with two attached hydrogens (primary N) is 1. The number of carbonyl (C=O) groups excluding carboxylic acids is 1. The van der Waals surface area contributed by atoms with Gasteiger partial charge < -0.3 is 15.2 Å². The molecule has 1 aliphatic heterocycles. The lowest BCUT2D eigenvalue weighted by Crippen LogP contribution is -2.46. The summed E-state index contributed by atoms with van der Waals surface area (Å²) in [7, 11) is 0. The quantitative estimate of drug-likeness (QED) is 0.646. The van der Waals surface area contributed by atoms with Crippen molar-refractivity contribution >= 4 is 11.7 Å². The first kappa shape index (κ1) is 14.6. The van der Waals surface area contributed by atoms with Gasteiger partial charge in [0, 0.05) is 12.6 Å². The molecule has 0 bridgehead atoms. The van der Waals surface area contributed by atoms with Gasteiger partial charge >= 0.3 is 0 Å². The number of carbonyl (C=O) groups is 1. The Hall–Kier alpha value is -1.85. The molecule has 0 saturated carbocycles. The predicted molar refractivity (Wildman–Crippen MR) is 75.5 cm³/mol. The van der Waals surface area contributed by atoms with Crippen LogP contribution in [0.15, 0.2) is 10.6 Å². The van der Waals surface area contributed by atoms with Gasteiger partial charge in [0.2, 0.25) is 5.91 Å². The highest BCUT2D eigenvalue weighted by Crippen LogP contribution is 2.30. The second-order valence-corrected chi connectivity index (χ2v) is 5.74. The zero-order valence-electron chi connectivity index (χ0n) is 12.2. The van der Waals surface area contributed by atoms with E-state index in [1.807, 2.05) is 20.8 Å². The molecule has 1 saturated heterocycles. The van der Waals surface area contributed by atoms with Crippen LogP contribution < -0.4 is 5.73 Å². The molecule has 1 aliphatic rings. The van der Waals surface area contributed by atoms with Crippen molar-refractivity contribution in [1.29, 1.82) is 5.41 Å². The third kappa shape index (κ3) is 2.69. The number of hydrogen-bond donors (Lipinski definition) is 2. The minimum atomic E-state index is -0.365. The molecule has 3 N–H and O–H groups in total. The monoisotopic (exact) mass is 278 g/mol. The van der Waals surface area contributed by atoms with E-state index in [0.717, 1.165) is 18.5 Å². The van der Waals surface area contributed by atoms with Crippen LogP contribution in [0.2, 0.25) is 0 Å². The molecule has 0 aromatic carbocycles. The summed E-state index contributed by atoms with van der Waals surface area (Å²) < 4.78 is 5.28. The first-order chi connectivity index (χ1) is 9.41. The fraction of sp³-hybridized carbons (Fsp3) is 0.643. The molecule has 2 rings (SSSR count). The van der Waals surface area contributed by atoms with Crippen molar-refractivity contribution in [2.75, 3.05) is 6.54 Å². The van der Waals surface area contributed by atoms with Crippen molar-refractivity contribution in [2.24, 2.45) is 11.7 Å². The van der Waals surface area contributed by atoms with Gasteiger partial charge in [-0.15, -0.1) is 0 Å². The third-order valence-corrected chi connectivity index (χ3v) is 3.78. The van der Waals surface area contributed by atoms with Crippen LogP contribution in [0.3, 0.4) is 0 Å². The normalized spacial score (nSPS) is 20.4. The summed E-state index contributed by atoms with van der Waals surface area (Å²) in [6, 6.07) is 1.54. The molecule has 0 radical (unpaired) electrons. The summed E-state index contributed by atoms with van der Waals surface area (Å²) in [6.45, 7) is 6.46. The first-order valence-corrected chi connectivity index (χ1v) is 6.99. The van der Waals surface area contributed by atoms with E-state index in [0.29, 0.717) is 12.3 Å². The summed E-state index contributed by atoms with van der Waals surface area (Å²) in [4.78, 5) is 14.5. The van der Waals surface area contributed by atoms with Gasteiger partial charge in [0.25, 0.3) is 0 Å². The molecule has 2 unspecified atom stereocenters. The Balaban J connectivity index is 2.26. The second kappa shape index (κ2) is 5.64. The van der Waals surface area contributed by atoms with Gasteiger partial charge in [0.05, 0.1) is 11.7 Å². The van der Waals surface area contributed by atoms with Crippen molar-refractivity contribution in [3.63, 3.8) is 0 Å². The minimum absolute atomic E-state index is 0.0196. The Morgan fingerprint density at radius 3 is 2.80 bits per heavy atom. The van der Waals surface area contributed by atoms with E-state index in [-0.39, 0.29) is 29.6 Å². The van der Waals surface area contributed by atoms with E-state index in [2.05, 4.69) is 5.16 Å². The lowest BCUT2D eigenvalue weighted by atomic mass is 9.91. The second-order valence-electron chi connectivity index (χ2n) is 5.74. The standard InChI is InChI=1S/C14H22N4O2/c1-8(2)12(11-7-9(3)17-20-11)14(19)18-6-4-5-10(18)13(15)16/h7-8,10,12H,4-6H2,1-3H3,(H3,15,16). The first-order valence-electron chi connectivity index (χ1n) is 6.99. The topological polar surface area (TPSA) is 96.2 Å². The molecule has 0 spiro atoms. The fourth-order valence-electron chi connectivity index (χ4n) is 2.80. The lowest BCUT2D eigenvalue weighted by Gasteiger charge is -2.28. The molecule has 2 heterocycles. The van der Waals surface area contributed by atoms with Crippen LogP contribution in [0.25, 0.3) is 0 Å². The maximum absolute atomic E-state index is 12.8. The van der Waals surface area contributed by atoms with Gasteiger partial charge in [-0.1, -0.05) is 19.0 Å². The fourth-order valence-corrected chi connectivity index (χ4v) is 2.80. The molecule has 2 atom stereocenters. The number of amidine groups is 1. The van der Waals surface area contributed by atoms with E-state index >= 15 is 0 Å². The Labute approximate surface area is 118 Å². The van der Waals surface area contributed by atoms with Crippen molar-refractivity contribution in [3.05, 3.63) is 17.5 Å². The Morgan fingerprint density at radius 1 is 1.60 bits per heavy atom. The van der Waals surface area contributed by atoms with Crippen LogP contribution >= 0.6 is 0 Å². The molecule has 0 aliphatic carbocycles. The molecule has 110 valence electrons. The maximum atomic E-state index is 12.8. The van der Waals surface area contributed by atoms with E-state index in [1.165, 1.54) is 0 Å².